The maximum atomic E-state index is 5.43. The van der Waals surface area contributed by atoms with Crippen molar-refractivity contribution in [2.75, 3.05) is 40.4 Å². The zero-order valence-corrected chi connectivity index (χ0v) is 12.0. The molecule has 0 amide bonds. The smallest absolute Gasteiger partial charge is 0.0971 e. The van der Waals surface area contributed by atoms with Crippen LogP contribution in [0, 0.1) is 0 Å². The van der Waals surface area contributed by atoms with Gasteiger partial charge in [-0.1, -0.05) is 6.92 Å². The van der Waals surface area contributed by atoms with Crippen molar-refractivity contribution in [3.8, 4) is 0 Å². The first-order chi connectivity index (χ1) is 8.02. The number of hydrogen-bond acceptors (Lipinski definition) is 4. The van der Waals surface area contributed by atoms with Gasteiger partial charge in [-0.15, -0.1) is 0 Å². The van der Waals surface area contributed by atoms with Crippen molar-refractivity contribution >= 4 is 0 Å². The Morgan fingerprint density at radius 1 is 1.18 bits per heavy atom. The highest BCUT2D eigenvalue weighted by Gasteiger charge is 2.32. The van der Waals surface area contributed by atoms with Crippen molar-refractivity contribution in [1.29, 1.82) is 0 Å². The molecule has 2 atom stereocenters. The van der Waals surface area contributed by atoms with E-state index in [2.05, 4.69) is 31.0 Å². The minimum absolute atomic E-state index is 0.221. The molecule has 0 bridgehead atoms. The summed E-state index contributed by atoms with van der Waals surface area (Å²) in [6, 6.07) is 0. The van der Waals surface area contributed by atoms with Crippen LogP contribution in [0.2, 0.25) is 0 Å². The lowest BCUT2D eigenvalue weighted by molar-refractivity contribution is -0.00461. The molecular formula is C13H28N2O2. The molecule has 1 N–H and O–H groups in total. The van der Waals surface area contributed by atoms with Crippen LogP contribution in [0.4, 0.5) is 0 Å². The average molecular weight is 244 g/mol. The number of likely N-dealkylation sites (tertiary alicyclic amines) is 1. The lowest BCUT2D eigenvalue weighted by Crippen LogP contribution is -2.43. The third kappa shape index (κ3) is 4.54. The van der Waals surface area contributed by atoms with Crippen LogP contribution in [0.15, 0.2) is 0 Å². The monoisotopic (exact) mass is 244 g/mol. The van der Waals surface area contributed by atoms with E-state index < -0.39 is 0 Å². The molecule has 0 spiro atoms. The third-order valence-electron chi connectivity index (χ3n) is 3.81. The second-order valence-corrected chi connectivity index (χ2v) is 5.47. The molecule has 4 nitrogen and oxygen atoms in total. The van der Waals surface area contributed by atoms with E-state index in [4.69, 9.17) is 9.47 Å². The summed E-state index contributed by atoms with van der Waals surface area (Å²) in [5.41, 5.74) is 0.237. The predicted molar refractivity (Wildman–Crippen MR) is 70.4 cm³/mol. The Kier molecular flexibility index (Phi) is 5.86. The number of nitrogens with zero attached hydrogens (tertiary/aromatic N) is 1. The van der Waals surface area contributed by atoms with Crippen molar-refractivity contribution in [3.63, 3.8) is 0 Å². The lowest BCUT2D eigenvalue weighted by Gasteiger charge is -2.26. The molecule has 1 aliphatic rings. The Hall–Kier alpha value is -0.160. The zero-order chi connectivity index (χ0) is 12.9. The number of methoxy groups -OCH3 is 2. The summed E-state index contributed by atoms with van der Waals surface area (Å²) in [5, 5.41) is 3.58. The SMILES string of the molecule is CCC(C)(C)NCCN1CC(OC)C(OC)C1. The molecule has 1 aliphatic heterocycles. The largest absolute Gasteiger partial charge is 0.377 e. The molecule has 0 aromatic heterocycles. The summed E-state index contributed by atoms with van der Waals surface area (Å²) in [6.07, 6.45) is 1.59. The normalized spacial score (nSPS) is 26.6. The molecule has 2 unspecified atom stereocenters. The molecular weight excluding hydrogens is 216 g/mol. The first-order valence-corrected chi connectivity index (χ1v) is 6.55. The summed E-state index contributed by atoms with van der Waals surface area (Å²) >= 11 is 0. The fourth-order valence-electron chi connectivity index (χ4n) is 2.13. The second kappa shape index (κ2) is 6.69. The van der Waals surface area contributed by atoms with Gasteiger partial charge in [-0.05, 0) is 20.3 Å². The number of rotatable bonds is 7. The van der Waals surface area contributed by atoms with E-state index in [0.717, 1.165) is 32.6 Å². The van der Waals surface area contributed by atoms with Crippen LogP contribution in [-0.2, 0) is 9.47 Å². The van der Waals surface area contributed by atoms with E-state index in [-0.39, 0.29) is 17.7 Å². The number of ether oxygens (including phenoxy) is 2. The van der Waals surface area contributed by atoms with Gasteiger partial charge in [0.05, 0.1) is 12.2 Å². The maximum absolute atomic E-state index is 5.43. The van der Waals surface area contributed by atoms with Crippen LogP contribution in [0.25, 0.3) is 0 Å². The molecule has 0 aromatic rings. The molecule has 1 rings (SSSR count). The van der Waals surface area contributed by atoms with Gasteiger partial charge >= 0.3 is 0 Å². The van der Waals surface area contributed by atoms with Gasteiger partial charge in [0.15, 0.2) is 0 Å². The highest BCUT2D eigenvalue weighted by molar-refractivity contribution is 4.86. The van der Waals surface area contributed by atoms with Gasteiger partial charge in [-0.2, -0.15) is 0 Å². The van der Waals surface area contributed by atoms with Gasteiger partial charge in [0.25, 0.3) is 0 Å². The minimum atomic E-state index is 0.221. The van der Waals surface area contributed by atoms with Crippen LogP contribution in [0.5, 0.6) is 0 Å². The van der Waals surface area contributed by atoms with Gasteiger partial charge in [0.2, 0.25) is 0 Å². The fourth-order valence-corrected chi connectivity index (χ4v) is 2.13. The van der Waals surface area contributed by atoms with Crippen molar-refractivity contribution in [2.45, 2.75) is 44.9 Å². The number of nitrogens with one attached hydrogen (secondary N) is 1. The van der Waals surface area contributed by atoms with Crippen LogP contribution in [0.1, 0.15) is 27.2 Å². The van der Waals surface area contributed by atoms with E-state index in [0.29, 0.717) is 0 Å². The molecule has 0 aliphatic carbocycles. The van der Waals surface area contributed by atoms with E-state index in [9.17, 15) is 0 Å². The van der Waals surface area contributed by atoms with Crippen LogP contribution < -0.4 is 5.32 Å². The second-order valence-electron chi connectivity index (χ2n) is 5.47. The van der Waals surface area contributed by atoms with Crippen LogP contribution in [-0.4, -0.2) is 63.0 Å². The highest BCUT2D eigenvalue weighted by Crippen LogP contribution is 2.15. The molecule has 1 saturated heterocycles. The quantitative estimate of drug-likeness (QED) is 0.727. The zero-order valence-electron chi connectivity index (χ0n) is 12.0. The Morgan fingerprint density at radius 3 is 2.12 bits per heavy atom. The van der Waals surface area contributed by atoms with Crippen molar-refractivity contribution in [3.05, 3.63) is 0 Å². The third-order valence-corrected chi connectivity index (χ3v) is 3.81. The summed E-state index contributed by atoms with van der Waals surface area (Å²) in [4.78, 5) is 2.40. The van der Waals surface area contributed by atoms with Crippen LogP contribution >= 0.6 is 0 Å². The maximum Gasteiger partial charge on any atom is 0.0971 e. The Labute approximate surface area is 106 Å². The molecule has 1 fully saturated rings. The van der Waals surface area contributed by atoms with E-state index in [1.54, 1.807) is 14.2 Å². The van der Waals surface area contributed by atoms with E-state index in [1.807, 2.05) is 0 Å². The topological polar surface area (TPSA) is 33.7 Å². The number of hydrogen-bond donors (Lipinski definition) is 1. The molecule has 0 radical (unpaired) electrons. The van der Waals surface area contributed by atoms with Gasteiger partial charge < -0.3 is 14.8 Å². The van der Waals surface area contributed by atoms with Crippen molar-refractivity contribution < 1.29 is 9.47 Å². The summed E-state index contributed by atoms with van der Waals surface area (Å²) in [7, 11) is 3.53. The molecule has 0 aromatic carbocycles. The summed E-state index contributed by atoms with van der Waals surface area (Å²) < 4.78 is 10.9. The van der Waals surface area contributed by atoms with Gasteiger partial charge in [-0.3, -0.25) is 4.90 Å². The molecule has 0 saturated carbocycles. The average Bonchev–Trinajstić information content (AvgIpc) is 2.71. The molecule has 1 heterocycles. The summed E-state index contributed by atoms with van der Waals surface area (Å²) in [5.74, 6) is 0. The van der Waals surface area contributed by atoms with Crippen molar-refractivity contribution in [2.24, 2.45) is 0 Å². The van der Waals surface area contributed by atoms with E-state index in [1.165, 1.54) is 0 Å². The first-order valence-electron chi connectivity index (χ1n) is 6.55. The Morgan fingerprint density at radius 2 is 1.71 bits per heavy atom. The first kappa shape index (κ1) is 14.9. The predicted octanol–water partition coefficient (Wildman–Crippen LogP) is 1.11. The Balaban J connectivity index is 2.25. The Bertz CT molecular complexity index is 209. The standard InChI is InChI=1S/C13H28N2O2/c1-6-13(2,3)14-7-8-15-9-11(16-4)12(10-15)17-5/h11-12,14H,6-10H2,1-5H3. The molecule has 17 heavy (non-hydrogen) atoms. The lowest BCUT2D eigenvalue weighted by atomic mass is 10.0. The van der Waals surface area contributed by atoms with Crippen molar-refractivity contribution in [1.82, 2.24) is 10.2 Å². The van der Waals surface area contributed by atoms with Gasteiger partial charge in [0, 0.05) is 45.9 Å². The fraction of sp³-hybridized carbons (Fsp3) is 1.00. The van der Waals surface area contributed by atoms with E-state index >= 15 is 0 Å². The highest BCUT2D eigenvalue weighted by atomic mass is 16.5. The molecule has 4 heteroatoms. The van der Waals surface area contributed by atoms with Crippen LogP contribution in [0.3, 0.4) is 0 Å². The minimum Gasteiger partial charge on any atom is -0.377 e. The molecule has 102 valence electrons. The summed E-state index contributed by atoms with van der Waals surface area (Å²) in [6.45, 7) is 10.7. The van der Waals surface area contributed by atoms with Gasteiger partial charge in [-0.25, -0.2) is 0 Å². The van der Waals surface area contributed by atoms with Gasteiger partial charge in [0.1, 0.15) is 0 Å².